The van der Waals surface area contributed by atoms with Crippen molar-refractivity contribution in [2.45, 2.75) is 52.2 Å². The fourth-order valence-electron chi connectivity index (χ4n) is 4.01. The Balaban J connectivity index is 1.65. The Morgan fingerprint density at radius 1 is 1.11 bits per heavy atom. The second kappa shape index (κ2) is 11.5. The monoisotopic (exact) mass is 505 g/mol. The number of fused-ring (bicyclic) bond motifs is 1. The minimum absolute atomic E-state index is 0.287. The van der Waals surface area contributed by atoms with Gasteiger partial charge >= 0.3 is 6.09 Å². The van der Waals surface area contributed by atoms with Crippen molar-refractivity contribution in [3.8, 4) is 11.4 Å². The first-order valence-electron chi connectivity index (χ1n) is 12.4. The predicted octanol–water partition coefficient (Wildman–Crippen LogP) is 6.09. The molecule has 0 atom stereocenters. The van der Waals surface area contributed by atoms with Crippen LogP contribution in [-0.2, 0) is 29.0 Å². The molecule has 190 valence electrons. The van der Waals surface area contributed by atoms with E-state index in [0.717, 1.165) is 42.4 Å². The molecule has 9 heteroatoms. The number of benzene rings is 1. The van der Waals surface area contributed by atoms with Crippen LogP contribution in [0, 0.1) is 0 Å². The zero-order valence-electron chi connectivity index (χ0n) is 21.5. The Bertz CT molecular complexity index is 1290. The van der Waals surface area contributed by atoms with Crippen LogP contribution in [0.1, 0.15) is 18.1 Å². The molecular weight excluding hydrogens is 470 g/mol. The maximum atomic E-state index is 11.9. The summed E-state index contributed by atoms with van der Waals surface area (Å²) >= 11 is 0. The maximum absolute atomic E-state index is 11.9. The first-order chi connectivity index (χ1) is 17.3. The van der Waals surface area contributed by atoms with Crippen molar-refractivity contribution < 1.29 is 14.3 Å². The van der Waals surface area contributed by atoms with Crippen LogP contribution in [0.5, 0.6) is 0 Å². The average Bonchev–Trinajstić information content (AvgIpc) is 3.44. The number of amides is 1. The number of hydrogen-bond donors (Lipinski definition) is 2. The number of ether oxygens (including phenoxy) is 2. The van der Waals surface area contributed by atoms with Gasteiger partial charge in [0, 0.05) is 27.1 Å². The van der Waals surface area contributed by atoms with Gasteiger partial charge < -0.3 is 19.0 Å². The lowest BCUT2D eigenvalue weighted by Gasteiger charge is -2.17. The molecule has 8 nitrogen and oxygen atoms in total. The lowest BCUT2D eigenvalue weighted by molar-refractivity contribution is 0.0884. The van der Waals surface area contributed by atoms with E-state index in [1.807, 2.05) is 12.1 Å². The molecular formula is C27H35N5O3Si. The number of aromatic nitrogens is 4. The van der Waals surface area contributed by atoms with Crippen molar-refractivity contribution in [1.82, 2.24) is 19.5 Å². The van der Waals surface area contributed by atoms with E-state index in [1.54, 1.807) is 13.1 Å². The number of H-pyrrole nitrogens is 1. The van der Waals surface area contributed by atoms with Crippen LogP contribution < -0.4 is 5.32 Å². The molecule has 3 aromatic heterocycles. The minimum Gasteiger partial charge on any atom is -0.450 e. The fourth-order valence-corrected chi connectivity index (χ4v) is 4.77. The van der Waals surface area contributed by atoms with E-state index in [1.165, 1.54) is 11.1 Å². The summed E-state index contributed by atoms with van der Waals surface area (Å²) in [5.74, 6) is 0.327. The van der Waals surface area contributed by atoms with Crippen molar-refractivity contribution in [2.75, 3.05) is 18.5 Å². The van der Waals surface area contributed by atoms with Crippen molar-refractivity contribution >= 4 is 31.1 Å². The van der Waals surface area contributed by atoms with Gasteiger partial charge in [-0.1, -0.05) is 50.0 Å². The molecule has 36 heavy (non-hydrogen) atoms. The van der Waals surface area contributed by atoms with E-state index in [4.69, 9.17) is 14.5 Å². The van der Waals surface area contributed by atoms with Crippen LogP contribution in [0.3, 0.4) is 0 Å². The summed E-state index contributed by atoms with van der Waals surface area (Å²) in [6.07, 6.45) is 5.05. The van der Waals surface area contributed by atoms with Crippen LogP contribution in [-0.4, -0.2) is 46.9 Å². The predicted molar refractivity (Wildman–Crippen MR) is 146 cm³/mol. The molecule has 4 rings (SSSR count). The number of nitrogens with zero attached hydrogens (tertiary/aromatic N) is 3. The maximum Gasteiger partial charge on any atom is 0.413 e. The summed E-state index contributed by atoms with van der Waals surface area (Å²) in [5, 5.41) is 2.65. The third kappa shape index (κ3) is 6.61. The molecule has 0 aliphatic rings. The summed E-state index contributed by atoms with van der Waals surface area (Å²) in [5.41, 5.74) is 5.67. The Morgan fingerprint density at radius 3 is 2.67 bits per heavy atom. The molecule has 0 spiro atoms. The van der Waals surface area contributed by atoms with Gasteiger partial charge in [-0.05, 0) is 49.1 Å². The first kappa shape index (κ1) is 25.7. The summed E-state index contributed by atoms with van der Waals surface area (Å²) in [6, 6.07) is 15.6. The van der Waals surface area contributed by atoms with Crippen LogP contribution >= 0.6 is 0 Å². The highest BCUT2D eigenvalue weighted by atomic mass is 28.3. The van der Waals surface area contributed by atoms with Gasteiger partial charge in [0.25, 0.3) is 0 Å². The Hall–Kier alpha value is -3.43. The number of nitrogens with one attached hydrogen (secondary N) is 2. The molecule has 0 saturated heterocycles. The van der Waals surface area contributed by atoms with E-state index in [0.29, 0.717) is 18.2 Å². The number of imidazole rings is 1. The Labute approximate surface area is 213 Å². The number of hydrogen-bond acceptors (Lipinski definition) is 5. The van der Waals surface area contributed by atoms with E-state index in [9.17, 15) is 4.79 Å². The number of carbonyl (C=O) groups is 1. The average molecular weight is 506 g/mol. The van der Waals surface area contributed by atoms with Crippen molar-refractivity contribution in [2.24, 2.45) is 0 Å². The normalized spacial score (nSPS) is 11.7. The van der Waals surface area contributed by atoms with Gasteiger partial charge in [0.1, 0.15) is 17.9 Å². The first-order valence-corrected chi connectivity index (χ1v) is 16.1. The third-order valence-electron chi connectivity index (χ3n) is 5.92. The third-order valence-corrected chi connectivity index (χ3v) is 7.62. The van der Waals surface area contributed by atoms with E-state index in [-0.39, 0.29) is 6.61 Å². The van der Waals surface area contributed by atoms with Crippen LogP contribution in [0.15, 0.2) is 54.9 Å². The molecule has 4 aromatic rings. The number of carbonyl (C=O) groups excluding carboxylic acids is 1. The number of pyridine rings is 1. The van der Waals surface area contributed by atoms with Gasteiger partial charge in [-0.3, -0.25) is 10.3 Å². The van der Waals surface area contributed by atoms with Crippen LogP contribution in [0.25, 0.3) is 22.4 Å². The molecule has 0 unspecified atom stereocenters. The lowest BCUT2D eigenvalue weighted by Crippen LogP contribution is -2.22. The topological polar surface area (TPSA) is 94.1 Å². The highest BCUT2D eigenvalue weighted by molar-refractivity contribution is 6.76. The molecule has 0 aliphatic carbocycles. The standard InChI is InChI=1S/C27H35N5O3Si/c1-5-35-27(33)31-26-29-22-13-15-28-24(23(22)30-26)25-21(12-11-20-9-7-6-8-10-20)14-16-32(25)19-34-17-18-36(2,3)4/h6-10,13-16H,5,11-12,17-19H2,1-4H3,(H2,29,30,31,33). The summed E-state index contributed by atoms with van der Waals surface area (Å²) in [7, 11) is -1.18. The largest absolute Gasteiger partial charge is 0.450 e. The van der Waals surface area contributed by atoms with Crippen molar-refractivity contribution in [3.63, 3.8) is 0 Å². The van der Waals surface area contributed by atoms with Gasteiger partial charge in [-0.2, -0.15) is 0 Å². The van der Waals surface area contributed by atoms with E-state index >= 15 is 0 Å². The fraction of sp³-hybridized carbons (Fsp3) is 0.370. The van der Waals surface area contributed by atoms with Gasteiger partial charge in [0.15, 0.2) is 0 Å². The van der Waals surface area contributed by atoms with Crippen LogP contribution in [0.2, 0.25) is 25.7 Å². The molecule has 2 N–H and O–H groups in total. The number of rotatable bonds is 11. The lowest BCUT2D eigenvalue weighted by atomic mass is 10.0. The quantitative estimate of drug-likeness (QED) is 0.190. The van der Waals surface area contributed by atoms with Crippen LogP contribution in [0.4, 0.5) is 10.7 Å². The van der Waals surface area contributed by atoms with Crippen molar-refractivity contribution in [1.29, 1.82) is 0 Å². The molecule has 1 amide bonds. The Kier molecular flexibility index (Phi) is 8.22. The second-order valence-corrected chi connectivity index (χ2v) is 15.6. The highest BCUT2D eigenvalue weighted by Crippen LogP contribution is 2.31. The number of aromatic amines is 1. The van der Waals surface area contributed by atoms with Gasteiger partial charge in [-0.25, -0.2) is 9.78 Å². The molecule has 0 aliphatic heterocycles. The van der Waals surface area contributed by atoms with Gasteiger partial charge in [-0.15, -0.1) is 0 Å². The van der Waals surface area contributed by atoms with Crippen molar-refractivity contribution in [3.05, 3.63) is 66.0 Å². The summed E-state index contributed by atoms with van der Waals surface area (Å²) in [6.45, 7) is 10.3. The zero-order chi connectivity index (χ0) is 25.5. The van der Waals surface area contributed by atoms with Gasteiger partial charge in [0.05, 0.1) is 17.8 Å². The smallest absolute Gasteiger partial charge is 0.413 e. The molecule has 3 heterocycles. The second-order valence-electron chi connectivity index (χ2n) is 9.98. The van der Waals surface area contributed by atoms with Gasteiger partial charge in [0.2, 0.25) is 5.95 Å². The molecule has 1 aromatic carbocycles. The Morgan fingerprint density at radius 2 is 1.92 bits per heavy atom. The molecule has 0 radical (unpaired) electrons. The summed E-state index contributed by atoms with van der Waals surface area (Å²) in [4.78, 5) is 24.4. The minimum atomic E-state index is -1.18. The molecule has 0 fully saturated rings. The molecule has 0 bridgehead atoms. The number of aryl methyl sites for hydroxylation is 2. The SMILES string of the molecule is CCOC(=O)Nc1nc2c(-c3c(CCc4ccccc4)ccn3COCC[Si](C)(C)C)nccc2[nH]1. The van der Waals surface area contributed by atoms with E-state index in [2.05, 4.69) is 76.0 Å². The highest BCUT2D eigenvalue weighted by Gasteiger charge is 2.19. The number of anilines is 1. The zero-order valence-corrected chi connectivity index (χ0v) is 22.5. The summed E-state index contributed by atoms with van der Waals surface area (Å²) < 4.78 is 13.2. The van der Waals surface area contributed by atoms with E-state index < -0.39 is 14.2 Å². The molecule has 0 saturated carbocycles.